The lowest BCUT2D eigenvalue weighted by molar-refractivity contribution is 0.00980. The molecule has 2 aliphatic heterocycles. The second kappa shape index (κ2) is 5.21. The molecule has 0 radical (unpaired) electrons. The van der Waals surface area contributed by atoms with Crippen LogP contribution in [-0.2, 0) is 0 Å². The maximum atomic E-state index is 6.12. The number of piperidine rings is 2. The summed E-state index contributed by atoms with van der Waals surface area (Å²) in [4.78, 5) is 2.62. The van der Waals surface area contributed by atoms with E-state index in [1.807, 2.05) is 0 Å². The maximum Gasteiger partial charge on any atom is 0.0716 e. The van der Waals surface area contributed by atoms with Crippen LogP contribution in [0, 0.1) is 12.3 Å². The summed E-state index contributed by atoms with van der Waals surface area (Å²) in [5.74, 6) is 3.00. The van der Waals surface area contributed by atoms with Crippen molar-refractivity contribution >= 4 is 0 Å². The van der Waals surface area contributed by atoms with Gasteiger partial charge in [-0.1, -0.05) is 25.7 Å². The maximum absolute atomic E-state index is 6.12. The quantitative estimate of drug-likeness (QED) is 0.738. The molecule has 0 aliphatic carbocycles. The molecule has 3 atom stereocenters. The van der Waals surface area contributed by atoms with Gasteiger partial charge in [-0.15, -0.1) is 6.42 Å². The number of terminal acetylenes is 1. The Morgan fingerprint density at radius 3 is 2.50 bits per heavy atom. The Kier molecular flexibility index (Phi) is 3.89. The van der Waals surface area contributed by atoms with Crippen LogP contribution in [-0.4, -0.2) is 29.1 Å². The lowest BCUT2D eigenvalue weighted by Gasteiger charge is -2.50. The number of hydrogen-bond donors (Lipinski definition) is 1. The number of rotatable bonds is 3. The van der Waals surface area contributed by atoms with Gasteiger partial charge < -0.3 is 5.73 Å². The average molecular weight is 220 g/mol. The van der Waals surface area contributed by atoms with Crippen LogP contribution in [0.5, 0.6) is 0 Å². The van der Waals surface area contributed by atoms with Crippen LogP contribution in [0.4, 0.5) is 0 Å². The molecule has 0 spiro atoms. The van der Waals surface area contributed by atoms with E-state index in [-0.39, 0.29) is 0 Å². The zero-order valence-electron chi connectivity index (χ0n) is 10.4. The van der Waals surface area contributed by atoms with Gasteiger partial charge >= 0.3 is 0 Å². The fourth-order valence-corrected chi connectivity index (χ4v) is 3.56. The molecule has 0 saturated carbocycles. The Hall–Kier alpha value is -0.520. The van der Waals surface area contributed by atoms with Gasteiger partial charge in [-0.3, -0.25) is 4.90 Å². The molecule has 2 aliphatic rings. The first-order valence-corrected chi connectivity index (χ1v) is 6.75. The van der Waals surface area contributed by atoms with Gasteiger partial charge in [-0.2, -0.15) is 0 Å². The topological polar surface area (TPSA) is 29.3 Å². The van der Waals surface area contributed by atoms with Crippen molar-refractivity contribution in [3.63, 3.8) is 0 Å². The summed E-state index contributed by atoms with van der Waals surface area (Å²) in [5, 5.41) is 0. The van der Waals surface area contributed by atoms with E-state index in [4.69, 9.17) is 12.2 Å². The van der Waals surface area contributed by atoms with Crippen LogP contribution in [0.1, 0.15) is 51.9 Å². The second-order valence-electron chi connectivity index (χ2n) is 5.39. The lowest BCUT2D eigenvalue weighted by Crippen LogP contribution is -2.58. The van der Waals surface area contributed by atoms with Crippen molar-refractivity contribution in [2.24, 2.45) is 5.73 Å². The van der Waals surface area contributed by atoms with E-state index in [1.165, 1.54) is 25.7 Å². The average Bonchev–Trinajstić information content (AvgIpc) is 2.25. The fraction of sp³-hybridized carbons (Fsp3) is 0.857. The van der Waals surface area contributed by atoms with E-state index in [9.17, 15) is 0 Å². The molecule has 16 heavy (non-hydrogen) atoms. The summed E-state index contributed by atoms with van der Waals surface area (Å²) in [6.45, 7) is 2.22. The molecule has 90 valence electrons. The van der Waals surface area contributed by atoms with Crippen LogP contribution in [0.15, 0.2) is 0 Å². The van der Waals surface area contributed by atoms with Crippen molar-refractivity contribution in [2.45, 2.75) is 76.0 Å². The molecule has 2 fully saturated rings. The molecule has 2 heterocycles. The van der Waals surface area contributed by atoms with Crippen molar-refractivity contribution in [3.05, 3.63) is 0 Å². The van der Waals surface area contributed by atoms with Gasteiger partial charge in [0.15, 0.2) is 0 Å². The predicted octanol–water partition coefficient (Wildman–Crippen LogP) is 2.13. The summed E-state index contributed by atoms with van der Waals surface area (Å²) >= 11 is 0. The van der Waals surface area contributed by atoms with Crippen molar-refractivity contribution in [3.8, 4) is 12.3 Å². The van der Waals surface area contributed by atoms with Crippen LogP contribution in [0.2, 0.25) is 0 Å². The predicted molar refractivity (Wildman–Crippen MR) is 68.0 cm³/mol. The van der Waals surface area contributed by atoms with E-state index in [1.54, 1.807) is 0 Å². The first-order valence-electron chi connectivity index (χ1n) is 6.75. The van der Waals surface area contributed by atoms with Gasteiger partial charge in [0.25, 0.3) is 0 Å². The molecule has 0 aromatic rings. The number of fused-ring (bicyclic) bond motifs is 2. The number of nitrogens with two attached hydrogens (primary N) is 1. The van der Waals surface area contributed by atoms with Gasteiger partial charge in [-0.05, 0) is 32.1 Å². The first kappa shape index (κ1) is 12.0. The molecular weight excluding hydrogens is 196 g/mol. The van der Waals surface area contributed by atoms with E-state index in [0.717, 1.165) is 19.3 Å². The smallest absolute Gasteiger partial charge is 0.0716 e. The molecule has 0 aromatic heterocycles. The van der Waals surface area contributed by atoms with E-state index in [0.29, 0.717) is 24.2 Å². The highest BCUT2D eigenvalue weighted by molar-refractivity contribution is 5.06. The van der Waals surface area contributed by atoms with E-state index < -0.39 is 0 Å². The molecule has 2 rings (SSSR count). The van der Waals surface area contributed by atoms with Gasteiger partial charge in [-0.25, -0.2) is 0 Å². The number of hydrogen-bond acceptors (Lipinski definition) is 2. The fourth-order valence-electron chi connectivity index (χ4n) is 3.56. The van der Waals surface area contributed by atoms with Crippen molar-refractivity contribution < 1.29 is 0 Å². The molecule has 2 bridgehead atoms. The first-order chi connectivity index (χ1) is 7.76. The summed E-state index contributed by atoms with van der Waals surface area (Å²) in [5.41, 5.74) is 6.12. The monoisotopic (exact) mass is 220 g/mol. The Labute approximate surface area is 99.6 Å². The van der Waals surface area contributed by atoms with E-state index >= 15 is 0 Å². The van der Waals surface area contributed by atoms with Crippen molar-refractivity contribution in [1.82, 2.24) is 4.90 Å². The Morgan fingerprint density at radius 2 is 2.00 bits per heavy atom. The standard InChI is InChI=1S/C14H24N2/c1-3-6-12(4-2)16-13-7-5-8-14(16)10-11(15)9-13/h2,11-14H,3,5-10,15H2,1H3. The summed E-state index contributed by atoms with van der Waals surface area (Å²) < 4.78 is 0. The summed E-state index contributed by atoms with van der Waals surface area (Å²) in [6, 6.07) is 2.09. The summed E-state index contributed by atoms with van der Waals surface area (Å²) in [7, 11) is 0. The third-order valence-electron chi connectivity index (χ3n) is 4.18. The molecule has 0 aromatic carbocycles. The Balaban J connectivity index is 2.10. The van der Waals surface area contributed by atoms with Gasteiger partial charge in [0.1, 0.15) is 0 Å². The molecule has 3 unspecified atom stereocenters. The zero-order chi connectivity index (χ0) is 11.5. The van der Waals surface area contributed by atoms with Crippen molar-refractivity contribution in [1.29, 1.82) is 0 Å². The normalized spacial score (nSPS) is 36.7. The lowest BCUT2D eigenvalue weighted by atomic mass is 9.80. The highest BCUT2D eigenvalue weighted by Crippen LogP contribution is 2.35. The Bertz CT molecular complexity index is 254. The molecular formula is C14H24N2. The minimum atomic E-state index is 0.354. The van der Waals surface area contributed by atoms with Crippen LogP contribution in [0.3, 0.4) is 0 Å². The molecule has 2 N–H and O–H groups in total. The minimum absolute atomic E-state index is 0.354. The largest absolute Gasteiger partial charge is 0.328 e. The molecule has 2 nitrogen and oxygen atoms in total. The molecule has 2 heteroatoms. The minimum Gasteiger partial charge on any atom is -0.328 e. The van der Waals surface area contributed by atoms with Crippen LogP contribution >= 0.6 is 0 Å². The van der Waals surface area contributed by atoms with Crippen LogP contribution in [0.25, 0.3) is 0 Å². The SMILES string of the molecule is C#CC(CCC)N1C2CCCC1CC(N)C2. The third kappa shape index (κ3) is 2.26. The van der Waals surface area contributed by atoms with E-state index in [2.05, 4.69) is 17.7 Å². The highest BCUT2D eigenvalue weighted by Gasteiger charge is 2.39. The zero-order valence-corrected chi connectivity index (χ0v) is 10.4. The third-order valence-corrected chi connectivity index (χ3v) is 4.18. The Morgan fingerprint density at radius 1 is 1.38 bits per heavy atom. The van der Waals surface area contributed by atoms with Gasteiger partial charge in [0.2, 0.25) is 0 Å². The molecule has 0 amide bonds. The van der Waals surface area contributed by atoms with Crippen molar-refractivity contribution in [2.75, 3.05) is 0 Å². The summed E-state index contributed by atoms with van der Waals surface area (Å²) in [6.07, 6.45) is 14.3. The molecule has 2 saturated heterocycles. The van der Waals surface area contributed by atoms with Gasteiger partial charge in [0.05, 0.1) is 6.04 Å². The second-order valence-corrected chi connectivity index (χ2v) is 5.39. The highest BCUT2D eigenvalue weighted by atomic mass is 15.2. The number of nitrogens with zero attached hydrogens (tertiary/aromatic N) is 1. The van der Waals surface area contributed by atoms with Crippen LogP contribution < -0.4 is 5.73 Å². The van der Waals surface area contributed by atoms with Gasteiger partial charge in [0, 0.05) is 18.1 Å².